The van der Waals surface area contributed by atoms with Crippen LogP contribution in [0.3, 0.4) is 0 Å². The van der Waals surface area contributed by atoms with E-state index in [1.54, 1.807) is 4.57 Å². The van der Waals surface area contributed by atoms with Gasteiger partial charge in [0.25, 0.3) is 5.56 Å². The van der Waals surface area contributed by atoms with E-state index in [0.29, 0.717) is 21.7 Å². The van der Waals surface area contributed by atoms with E-state index in [2.05, 4.69) is 0 Å². The largest absolute Gasteiger partial charge is 0.268 e. The Morgan fingerprint density at radius 2 is 1.59 bits per heavy atom. The summed E-state index contributed by atoms with van der Waals surface area (Å²) in [6.45, 7) is 2.02. The van der Waals surface area contributed by atoms with Gasteiger partial charge >= 0.3 is 0 Å². The van der Waals surface area contributed by atoms with Crippen LogP contribution in [0.2, 0.25) is 5.02 Å². The summed E-state index contributed by atoms with van der Waals surface area (Å²) >= 11 is 5.95. The number of hydrogen-bond acceptors (Lipinski definition) is 2. The van der Waals surface area contributed by atoms with Gasteiger partial charge in [0.05, 0.1) is 16.6 Å². The number of halogens is 1. The van der Waals surface area contributed by atoms with E-state index in [1.807, 2.05) is 91.9 Å². The minimum atomic E-state index is -0.0831. The van der Waals surface area contributed by atoms with Crippen molar-refractivity contribution in [1.29, 1.82) is 0 Å². The average Bonchev–Trinajstić information content (AvgIpc) is 2.69. The first-order valence-corrected chi connectivity index (χ1v) is 9.02. The number of hydrogen-bond donors (Lipinski definition) is 0. The van der Waals surface area contributed by atoms with E-state index in [4.69, 9.17) is 16.6 Å². The smallest absolute Gasteiger partial charge is 0.266 e. The third-order valence-corrected chi connectivity index (χ3v) is 4.64. The maximum Gasteiger partial charge on any atom is 0.266 e. The summed E-state index contributed by atoms with van der Waals surface area (Å²) in [7, 11) is 0. The molecule has 132 valence electrons. The van der Waals surface area contributed by atoms with Gasteiger partial charge in [0, 0.05) is 5.02 Å². The molecule has 4 aromatic rings. The molecule has 0 atom stereocenters. The topological polar surface area (TPSA) is 34.9 Å². The van der Waals surface area contributed by atoms with Gasteiger partial charge in [0.2, 0.25) is 0 Å². The maximum absolute atomic E-state index is 13.2. The summed E-state index contributed by atoms with van der Waals surface area (Å²) in [5, 5.41) is 1.29. The SMILES string of the molecule is Cc1ccc(-n2c(/C=C/c3ccc(Cl)cc3)nc3ccccc3c2=O)cc1. The van der Waals surface area contributed by atoms with Crippen molar-refractivity contribution < 1.29 is 0 Å². The molecule has 1 aromatic heterocycles. The highest BCUT2D eigenvalue weighted by molar-refractivity contribution is 6.30. The number of fused-ring (bicyclic) bond motifs is 1. The first-order valence-electron chi connectivity index (χ1n) is 8.64. The summed E-state index contributed by atoms with van der Waals surface area (Å²) in [5.74, 6) is 0.581. The van der Waals surface area contributed by atoms with E-state index >= 15 is 0 Å². The van der Waals surface area contributed by atoms with Gasteiger partial charge in [0.1, 0.15) is 5.82 Å². The predicted octanol–water partition coefficient (Wildman–Crippen LogP) is 5.52. The van der Waals surface area contributed by atoms with E-state index in [-0.39, 0.29) is 5.56 Å². The van der Waals surface area contributed by atoms with Crippen LogP contribution in [0, 0.1) is 6.92 Å². The monoisotopic (exact) mass is 372 g/mol. The lowest BCUT2D eigenvalue weighted by molar-refractivity contribution is 0.943. The van der Waals surface area contributed by atoms with Gasteiger partial charge in [-0.1, -0.05) is 59.6 Å². The predicted molar refractivity (Wildman–Crippen MR) is 112 cm³/mol. The van der Waals surface area contributed by atoms with Gasteiger partial charge in [-0.25, -0.2) is 4.98 Å². The molecule has 0 unspecified atom stereocenters. The molecule has 3 nitrogen and oxygen atoms in total. The zero-order valence-electron chi connectivity index (χ0n) is 14.8. The maximum atomic E-state index is 13.2. The van der Waals surface area contributed by atoms with E-state index < -0.39 is 0 Å². The van der Waals surface area contributed by atoms with Crippen LogP contribution in [0.5, 0.6) is 0 Å². The van der Waals surface area contributed by atoms with Gasteiger partial charge in [0.15, 0.2) is 0 Å². The van der Waals surface area contributed by atoms with Gasteiger partial charge in [-0.3, -0.25) is 9.36 Å². The Kier molecular flexibility index (Phi) is 4.61. The second-order valence-electron chi connectivity index (χ2n) is 6.35. The van der Waals surface area contributed by atoms with Crippen molar-refractivity contribution in [2.45, 2.75) is 6.92 Å². The van der Waals surface area contributed by atoms with Gasteiger partial charge in [-0.15, -0.1) is 0 Å². The lowest BCUT2D eigenvalue weighted by Crippen LogP contribution is -2.22. The Hall–Kier alpha value is -3.17. The van der Waals surface area contributed by atoms with Crippen LogP contribution in [0.4, 0.5) is 0 Å². The summed E-state index contributed by atoms with van der Waals surface area (Å²) in [4.78, 5) is 17.9. The van der Waals surface area contributed by atoms with Gasteiger partial charge in [-0.2, -0.15) is 0 Å². The molecule has 0 aliphatic rings. The zero-order valence-corrected chi connectivity index (χ0v) is 15.5. The second-order valence-corrected chi connectivity index (χ2v) is 6.78. The number of para-hydroxylation sites is 1. The van der Waals surface area contributed by atoms with Crippen LogP contribution >= 0.6 is 11.6 Å². The molecule has 0 fully saturated rings. The third-order valence-electron chi connectivity index (χ3n) is 4.39. The third kappa shape index (κ3) is 3.55. The fourth-order valence-corrected chi connectivity index (χ4v) is 3.08. The lowest BCUT2D eigenvalue weighted by Gasteiger charge is -2.11. The molecule has 1 heterocycles. The summed E-state index contributed by atoms with van der Waals surface area (Å²) in [5.41, 5.74) is 3.51. The first-order chi connectivity index (χ1) is 13.1. The van der Waals surface area contributed by atoms with Crippen molar-refractivity contribution in [3.05, 3.63) is 105 Å². The number of benzene rings is 3. The molecule has 4 heteroatoms. The van der Waals surface area contributed by atoms with Crippen LogP contribution in [0.15, 0.2) is 77.6 Å². The fourth-order valence-electron chi connectivity index (χ4n) is 2.95. The van der Waals surface area contributed by atoms with Crippen LogP contribution < -0.4 is 5.56 Å². The first kappa shape index (κ1) is 17.3. The molecule has 0 amide bonds. The minimum Gasteiger partial charge on any atom is -0.268 e. The summed E-state index contributed by atoms with van der Waals surface area (Å²) in [6.07, 6.45) is 3.79. The van der Waals surface area contributed by atoms with E-state index in [9.17, 15) is 4.79 Å². The fraction of sp³-hybridized carbons (Fsp3) is 0.0435. The number of nitrogens with zero attached hydrogens (tertiary/aromatic N) is 2. The van der Waals surface area contributed by atoms with Crippen LogP contribution in [0.1, 0.15) is 17.0 Å². The molecule has 0 saturated carbocycles. The summed E-state index contributed by atoms with van der Waals surface area (Å²) < 4.78 is 1.65. The quantitative estimate of drug-likeness (QED) is 0.474. The Morgan fingerprint density at radius 1 is 0.889 bits per heavy atom. The standard InChI is InChI=1S/C23H17ClN2O/c1-16-6-13-19(14-7-16)26-22(15-10-17-8-11-18(24)12-9-17)25-21-5-3-2-4-20(21)23(26)27/h2-15H,1H3/b15-10+. The lowest BCUT2D eigenvalue weighted by atomic mass is 10.2. The van der Waals surface area contributed by atoms with Gasteiger partial charge in [-0.05, 0) is 55.0 Å². The molecule has 0 bridgehead atoms. The Bertz CT molecular complexity index is 1190. The molecule has 0 spiro atoms. The average molecular weight is 373 g/mol. The zero-order chi connectivity index (χ0) is 18.8. The van der Waals surface area contributed by atoms with Crippen molar-refractivity contribution in [3.8, 4) is 5.69 Å². The van der Waals surface area contributed by atoms with Crippen molar-refractivity contribution in [3.63, 3.8) is 0 Å². The van der Waals surface area contributed by atoms with E-state index in [1.165, 1.54) is 0 Å². The Balaban J connectivity index is 1.92. The molecule has 0 radical (unpaired) electrons. The highest BCUT2D eigenvalue weighted by Crippen LogP contribution is 2.17. The molecular weight excluding hydrogens is 356 g/mol. The van der Waals surface area contributed by atoms with Crippen LogP contribution in [0.25, 0.3) is 28.7 Å². The molecule has 3 aromatic carbocycles. The molecule has 0 saturated heterocycles. The van der Waals surface area contributed by atoms with Crippen LogP contribution in [-0.2, 0) is 0 Å². The molecule has 4 rings (SSSR count). The Morgan fingerprint density at radius 3 is 2.33 bits per heavy atom. The van der Waals surface area contributed by atoms with Crippen molar-refractivity contribution >= 4 is 34.7 Å². The number of rotatable bonds is 3. The van der Waals surface area contributed by atoms with Crippen molar-refractivity contribution in [2.75, 3.05) is 0 Å². The molecular formula is C23H17ClN2O. The molecule has 0 N–H and O–H groups in total. The highest BCUT2D eigenvalue weighted by atomic mass is 35.5. The second kappa shape index (κ2) is 7.22. The molecule has 27 heavy (non-hydrogen) atoms. The number of aryl methyl sites for hydroxylation is 1. The molecule has 0 aliphatic heterocycles. The van der Waals surface area contributed by atoms with E-state index in [0.717, 1.165) is 16.8 Å². The summed E-state index contributed by atoms with van der Waals surface area (Å²) in [6, 6.07) is 22.8. The highest BCUT2D eigenvalue weighted by Gasteiger charge is 2.10. The van der Waals surface area contributed by atoms with Crippen molar-refractivity contribution in [2.24, 2.45) is 0 Å². The normalized spacial score (nSPS) is 11.3. The van der Waals surface area contributed by atoms with Gasteiger partial charge < -0.3 is 0 Å². The number of aromatic nitrogens is 2. The molecule has 0 aliphatic carbocycles. The Labute approximate surface area is 162 Å². The van der Waals surface area contributed by atoms with Crippen LogP contribution in [-0.4, -0.2) is 9.55 Å². The van der Waals surface area contributed by atoms with Crippen molar-refractivity contribution in [1.82, 2.24) is 9.55 Å². The minimum absolute atomic E-state index is 0.0831.